The summed E-state index contributed by atoms with van der Waals surface area (Å²) >= 11 is 0. The molecule has 3 rings (SSSR count). The van der Waals surface area contributed by atoms with E-state index in [1.165, 1.54) is 28.8 Å². The van der Waals surface area contributed by atoms with Crippen molar-refractivity contribution in [3.8, 4) is 11.1 Å². The van der Waals surface area contributed by atoms with Crippen molar-refractivity contribution in [3.05, 3.63) is 83.4 Å². The molecule has 0 aliphatic carbocycles. The van der Waals surface area contributed by atoms with Crippen LogP contribution >= 0.6 is 0 Å². The zero-order chi connectivity index (χ0) is 21.0. The van der Waals surface area contributed by atoms with Crippen molar-refractivity contribution in [1.82, 2.24) is 0 Å². The van der Waals surface area contributed by atoms with Gasteiger partial charge in [-0.3, -0.25) is 4.79 Å². The smallest absolute Gasteiger partial charge is 0.319 e. The highest BCUT2D eigenvalue weighted by atomic mass is 32.2. The summed E-state index contributed by atoms with van der Waals surface area (Å²) in [6, 6.07) is 20.8. The Bertz CT molecular complexity index is 1140. The van der Waals surface area contributed by atoms with Gasteiger partial charge in [0.2, 0.25) is 0 Å². The normalized spacial score (nSPS) is 11.2. The first kappa shape index (κ1) is 20.6. The fraction of sp³-hybridized carbons (Fsp3) is 0.174. The fourth-order valence-corrected chi connectivity index (χ4v) is 4.17. The second-order valence-electron chi connectivity index (χ2n) is 7.05. The van der Waals surface area contributed by atoms with Crippen LogP contribution < -0.4 is 5.32 Å². The van der Waals surface area contributed by atoms with Crippen LogP contribution in [-0.4, -0.2) is 25.2 Å². The number of benzene rings is 3. The van der Waals surface area contributed by atoms with Crippen LogP contribution in [0.15, 0.2) is 71.6 Å². The number of hydrogen-bond donors (Lipinski definition) is 2. The van der Waals surface area contributed by atoms with Crippen LogP contribution in [0.4, 0.5) is 5.69 Å². The summed E-state index contributed by atoms with van der Waals surface area (Å²) in [5.74, 6) is -2.28. The third-order valence-electron chi connectivity index (χ3n) is 4.65. The molecule has 6 heteroatoms. The molecule has 0 atom stereocenters. The van der Waals surface area contributed by atoms with Gasteiger partial charge in [0.25, 0.3) is 0 Å². The zero-order valence-corrected chi connectivity index (χ0v) is 17.2. The summed E-state index contributed by atoms with van der Waals surface area (Å²) in [6.45, 7) is 4.76. The van der Waals surface area contributed by atoms with Gasteiger partial charge in [-0.15, -0.1) is 0 Å². The van der Waals surface area contributed by atoms with E-state index in [-0.39, 0.29) is 4.90 Å². The predicted molar refractivity (Wildman–Crippen MR) is 115 cm³/mol. The second kappa shape index (κ2) is 8.49. The summed E-state index contributed by atoms with van der Waals surface area (Å²) in [5.41, 5.74) is 6.66. The molecule has 0 saturated carbocycles. The van der Waals surface area contributed by atoms with E-state index in [0.717, 1.165) is 16.8 Å². The average molecular weight is 410 g/mol. The quantitative estimate of drug-likeness (QED) is 0.603. The van der Waals surface area contributed by atoms with Gasteiger partial charge in [0.15, 0.2) is 15.6 Å². The highest BCUT2D eigenvalue weighted by Gasteiger charge is 2.18. The van der Waals surface area contributed by atoms with Crippen LogP contribution in [0.1, 0.15) is 16.7 Å². The summed E-state index contributed by atoms with van der Waals surface area (Å²) in [7, 11) is -3.81. The molecule has 0 unspecified atom stereocenters. The number of aliphatic carboxylic acids is 1. The van der Waals surface area contributed by atoms with Gasteiger partial charge in [0, 0.05) is 12.2 Å². The molecule has 0 amide bonds. The maximum absolute atomic E-state index is 12.0. The second-order valence-corrected chi connectivity index (χ2v) is 9.04. The molecule has 0 radical (unpaired) electrons. The summed E-state index contributed by atoms with van der Waals surface area (Å²) < 4.78 is 23.9. The first-order valence-electron chi connectivity index (χ1n) is 9.20. The van der Waals surface area contributed by atoms with E-state index >= 15 is 0 Å². The minimum atomic E-state index is -3.81. The third kappa shape index (κ3) is 5.23. The van der Waals surface area contributed by atoms with Gasteiger partial charge in [-0.2, -0.15) is 0 Å². The Kier molecular flexibility index (Phi) is 6.03. The summed E-state index contributed by atoms with van der Waals surface area (Å²) in [5, 5.41) is 12.0. The van der Waals surface area contributed by atoms with Gasteiger partial charge in [0.1, 0.15) is 0 Å². The van der Waals surface area contributed by atoms with Crippen molar-refractivity contribution in [3.63, 3.8) is 0 Å². The molecule has 0 aliphatic rings. The molecule has 0 aliphatic heterocycles. The van der Waals surface area contributed by atoms with Crippen molar-refractivity contribution in [2.75, 3.05) is 11.1 Å². The minimum absolute atomic E-state index is 0.00219. The van der Waals surface area contributed by atoms with Crippen LogP contribution in [0.5, 0.6) is 0 Å². The fourth-order valence-electron chi connectivity index (χ4n) is 3.13. The number of sulfone groups is 1. The van der Waals surface area contributed by atoms with Crippen LogP contribution in [0.25, 0.3) is 11.1 Å². The maximum atomic E-state index is 12.0. The van der Waals surface area contributed by atoms with Gasteiger partial charge in [-0.05, 0) is 66.4 Å². The van der Waals surface area contributed by atoms with E-state index in [4.69, 9.17) is 5.11 Å². The highest BCUT2D eigenvalue weighted by Crippen LogP contribution is 2.26. The number of carboxylic acids is 1. The van der Waals surface area contributed by atoms with Crippen molar-refractivity contribution >= 4 is 21.5 Å². The number of rotatable bonds is 7. The molecular weight excluding hydrogens is 386 g/mol. The Morgan fingerprint density at radius 2 is 1.69 bits per heavy atom. The van der Waals surface area contributed by atoms with E-state index < -0.39 is 21.6 Å². The minimum Gasteiger partial charge on any atom is -0.480 e. The molecule has 3 aromatic carbocycles. The number of carbonyl (C=O) groups is 1. The van der Waals surface area contributed by atoms with Crippen LogP contribution in [-0.2, 0) is 21.2 Å². The Morgan fingerprint density at radius 1 is 0.966 bits per heavy atom. The number of nitrogens with one attached hydrogen (secondary N) is 1. The zero-order valence-electron chi connectivity index (χ0n) is 16.3. The van der Waals surface area contributed by atoms with E-state index in [1.807, 2.05) is 12.1 Å². The molecule has 2 N–H and O–H groups in total. The SMILES string of the molecule is Cc1ccc(C)c(-c2cccc(CNc3ccc(S(=O)(=O)CC(=O)O)cc3)c2)c1. The van der Waals surface area contributed by atoms with E-state index in [1.54, 1.807) is 12.1 Å². The lowest BCUT2D eigenvalue weighted by Crippen LogP contribution is -2.15. The van der Waals surface area contributed by atoms with Gasteiger partial charge in [0.05, 0.1) is 4.90 Å². The topological polar surface area (TPSA) is 83.5 Å². The van der Waals surface area contributed by atoms with E-state index in [0.29, 0.717) is 6.54 Å². The first-order valence-corrected chi connectivity index (χ1v) is 10.8. The van der Waals surface area contributed by atoms with Gasteiger partial charge in [-0.1, -0.05) is 42.0 Å². The Hall–Kier alpha value is -3.12. The molecule has 3 aromatic rings. The molecule has 0 spiro atoms. The molecular formula is C23H23NO4S. The first-order chi connectivity index (χ1) is 13.7. The summed E-state index contributed by atoms with van der Waals surface area (Å²) in [6.07, 6.45) is 0. The van der Waals surface area contributed by atoms with Gasteiger partial charge < -0.3 is 10.4 Å². The van der Waals surface area contributed by atoms with Crippen LogP contribution in [0.3, 0.4) is 0 Å². The number of carboxylic acid groups (broad SMARTS) is 1. The van der Waals surface area contributed by atoms with Gasteiger partial charge >= 0.3 is 5.97 Å². The number of aryl methyl sites for hydroxylation is 2. The summed E-state index contributed by atoms with van der Waals surface area (Å²) in [4.78, 5) is 10.7. The lowest BCUT2D eigenvalue weighted by molar-refractivity contribution is -0.134. The van der Waals surface area contributed by atoms with Crippen LogP contribution in [0.2, 0.25) is 0 Å². The van der Waals surface area contributed by atoms with Crippen molar-refractivity contribution < 1.29 is 18.3 Å². The molecule has 0 saturated heterocycles. The van der Waals surface area contributed by atoms with Crippen molar-refractivity contribution in [1.29, 1.82) is 0 Å². The Morgan fingerprint density at radius 3 is 2.38 bits per heavy atom. The highest BCUT2D eigenvalue weighted by molar-refractivity contribution is 7.92. The molecule has 0 aromatic heterocycles. The average Bonchev–Trinajstić information content (AvgIpc) is 2.68. The Balaban J connectivity index is 1.72. The molecule has 0 fully saturated rings. The monoisotopic (exact) mass is 409 g/mol. The molecule has 0 heterocycles. The molecule has 150 valence electrons. The predicted octanol–water partition coefficient (Wildman–Crippen LogP) is 4.44. The Labute approximate surface area is 171 Å². The third-order valence-corrected chi connectivity index (χ3v) is 6.27. The number of anilines is 1. The number of hydrogen-bond acceptors (Lipinski definition) is 4. The van der Waals surface area contributed by atoms with E-state index in [2.05, 4.69) is 49.5 Å². The van der Waals surface area contributed by atoms with Gasteiger partial charge in [-0.25, -0.2) is 8.42 Å². The largest absolute Gasteiger partial charge is 0.480 e. The van der Waals surface area contributed by atoms with E-state index in [9.17, 15) is 13.2 Å². The van der Waals surface area contributed by atoms with Crippen molar-refractivity contribution in [2.24, 2.45) is 0 Å². The van der Waals surface area contributed by atoms with Crippen LogP contribution in [0, 0.1) is 13.8 Å². The molecule has 0 bridgehead atoms. The lowest BCUT2D eigenvalue weighted by atomic mass is 9.97. The molecule has 29 heavy (non-hydrogen) atoms. The maximum Gasteiger partial charge on any atom is 0.319 e. The van der Waals surface area contributed by atoms with Crippen molar-refractivity contribution in [2.45, 2.75) is 25.3 Å². The standard InChI is InChI=1S/C23H23NO4S/c1-16-6-7-17(2)22(12-16)19-5-3-4-18(13-19)14-24-20-8-10-21(11-9-20)29(27,28)15-23(25)26/h3-13,24H,14-15H2,1-2H3,(H,25,26). The lowest BCUT2D eigenvalue weighted by Gasteiger charge is -2.11. The molecule has 5 nitrogen and oxygen atoms in total.